The van der Waals surface area contributed by atoms with Crippen molar-refractivity contribution in [3.05, 3.63) is 23.7 Å². The van der Waals surface area contributed by atoms with Crippen molar-refractivity contribution in [2.45, 2.75) is 39.8 Å². The molecule has 1 aromatic heterocycles. The van der Waals surface area contributed by atoms with Gasteiger partial charge in [0.15, 0.2) is 0 Å². The van der Waals surface area contributed by atoms with Gasteiger partial charge < -0.3 is 20.2 Å². The Kier molecular flexibility index (Phi) is 5.84. The summed E-state index contributed by atoms with van der Waals surface area (Å²) in [5, 5.41) is 2.99. The van der Waals surface area contributed by atoms with Crippen molar-refractivity contribution in [1.82, 2.24) is 10.2 Å². The highest BCUT2D eigenvalue weighted by Gasteiger charge is 2.30. The number of carbonyl (C=O) groups excluding carboxylic acids is 1. The lowest BCUT2D eigenvalue weighted by molar-refractivity contribution is -0.124. The lowest BCUT2D eigenvalue weighted by Crippen LogP contribution is -2.51. The molecule has 0 radical (unpaired) electrons. The van der Waals surface area contributed by atoms with Crippen LogP contribution in [0.15, 0.2) is 16.5 Å². The summed E-state index contributed by atoms with van der Waals surface area (Å²) in [4.78, 5) is 14.6. The molecule has 6 heteroatoms. The van der Waals surface area contributed by atoms with Gasteiger partial charge in [0, 0.05) is 19.6 Å². The Morgan fingerprint density at radius 2 is 2.00 bits per heavy atom. The van der Waals surface area contributed by atoms with Crippen LogP contribution in [-0.4, -0.2) is 49.7 Å². The molecule has 0 aliphatic carbocycles. The first-order chi connectivity index (χ1) is 10.8. The first-order valence-corrected chi connectivity index (χ1v) is 8.20. The highest BCUT2D eigenvalue weighted by Crippen LogP contribution is 2.24. The third kappa shape index (κ3) is 4.80. The predicted molar refractivity (Wildman–Crippen MR) is 89.0 cm³/mol. The van der Waals surface area contributed by atoms with Crippen molar-refractivity contribution in [3.8, 4) is 0 Å². The van der Waals surface area contributed by atoms with E-state index in [4.69, 9.17) is 14.9 Å². The summed E-state index contributed by atoms with van der Waals surface area (Å²) < 4.78 is 11.2. The third-order valence-corrected chi connectivity index (χ3v) is 4.26. The second-order valence-electron chi connectivity index (χ2n) is 7.20. The number of morpholine rings is 1. The van der Waals surface area contributed by atoms with E-state index in [9.17, 15) is 4.79 Å². The van der Waals surface area contributed by atoms with E-state index < -0.39 is 6.04 Å². The zero-order valence-electron chi connectivity index (χ0n) is 14.6. The molecule has 1 amide bonds. The minimum Gasteiger partial charge on any atom is -0.465 e. The van der Waals surface area contributed by atoms with Crippen molar-refractivity contribution >= 4 is 5.91 Å². The Bertz CT molecular complexity index is 515. The van der Waals surface area contributed by atoms with E-state index in [1.165, 1.54) is 0 Å². The van der Waals surface area contributed by atoms with E-state index in [2.05, 4.69) is 10.2 Å². The van der Waals surface area contributed by atoms with Crippen LogP contribution in [0.4, 0.5) is 0 Å². The molecule has 3 N–H and O–H groups in total. The van der Waals surface area contributed by atoms with E-state index in [1.54, 1.807) is 0 Å². The first kappa shape index (κ1) is 18.0. The molecule has 2 heterocycles. The fourth-order valence-electron chi connectivity index (χ4n) is 2.63. The smallest absolute Gasteiger partial charge is 0.237 e. The van der Waals surface area contributed by atoms with E-state index in [-0.39, 0.29) is 17.4 Å². The van der Waals surface area contributed by atoms with Crippen LogP contribution in [0.1, 0.15) is 38.3 Å². The van der Waals surface area contributed by atoms with Crippen molar-refractivity contribution in [1.29, 1.82) is 0 Å². The van der Waals surface area contributed by atoms with Gasteiger partial charge in [-0.2, -0.15) is 0 Å². The molecule has 1 aromatic rings. The lowest BCUT2D eigenvalue weighted by Gasteiger charge is -2.34. The normalized spacial score (nSPS) is 19.3. The highest BCUT2D eigenvalue weighted by atomic mass is 16.5. The number of amides is 1. The maximum atomic E-state index is 12.3. The van der Waals surface area contributed by atoms with E-state index in [1.807, 2.05) is 39.8 Å². The molecular weight excluding hydrogens is 294 g/mol. The number of furan rings is 1. The van der Waals surface area contributed by atoms with Gasteiger partial charge in [-0.25, -0.2) is 0 Å². The van der Waals surface area contributed by atoms with Gasteiger partial charge in [-0.1, -0.05) is 20.8 Å². The minimum atomic E-state index is -0.536. The fourth-order valence-corrected chi connectivity index (χ4v) is 2.63. The molecule has 130 valence electrons. The van der Waals surface area contributed by atoms with Gasteiger partial charge in [0.1, 0.15) is 11.5 Å². The van der Waals surface area contributed by atoms with Crippen LogP contribution in [0.25, 0.3) is 0 Å². The van der Waals surface area contributed by atoms with E-state index >= 15 is 0 Å². The number of carbonyl (C=O) groups is 1. The molecule has 1 fully saturated rings. The molecule has 23 heavy (non-hydrogen) atoms. The first-order valence-electron chi connectivity index (χ1n) is 8.20. The number of nitrogens with zero attached hydrogens (tertiary/aromatic N) is 1. The number of nitrogens with two attached hydrogens (primary N) is 1. The van der Waals surface area contributed by atoms with E-state index in [0.29, 0.717) is 19.8 Å². The van der Waals surface area contributed by atoms with Crippen molar-refractivity contribution in [3.63, 3.8) is 0 Å². The summed E-state index contributed by atoms with van der Waals surface area (Å²) in [6.45, 7) is 11.4. The second-order valence-corrected chi connectivity index (χ2v) is 7.20. The van der Waals surface area contributed by atoms with Gasteiger partial charge in [-0.15, -0.1) is 0 Å². The molecule has 2 atom stereocenters. The van der Waals surface area contributed by atoms with Crippen LogP contribution in [0.2, 0.25) is 0 Å². The number of aryl methyl sites for hydroxylation is 1. The van der Waals surface area contributed by atoms with Crippen molar-refractivity contribution < 1.29 is 13.9 Å². The SMILES string of the molecule is Cc1ccc(C(CNC(=O)[C@@H](N)C(C)(C)C)N2CCOCC2)o1. The molecule has 1 aliphatic rings. The summed E-state index contributed by atoms with van der Waals surface area (Å²) >= 11 is 0. The summed E-state index contributed by atoms with van der Waals surface area (Å²) in [5.41, 5.74) is 5.77. The van der Waals surface area contributed by atoms with Crippen LogP contribution in [-0.2, 0) is 9.53 Å². The van der Waals surface area contributed by atoms with Gasteiger partial charge in [-0.3, -0.25) is 9.69 Å². The third-order valence-electron chi connectivity index (χ3n) is 4.26. The topological polar surface area (TPSA) is 80.7 Å². The van der Waals surface area contributed by atoms with Crippen LogP contribution < -0.4 is 11.1 Å². The maximum Gasteiger partial charge on any atom is 0.237 e. The van der Waals surface area contributed by atoms with Crippen molar-refractivity contribution in [2.24, 2.45) is 11.1 Å². The maximum absolute atomic E-state index is 12.3. The molecule has 1 aliphatic heterocycles. The summed E-state index contributed by atoms with van der Waals surface area (Å²) in [6, 6.07) is 3.39. The number of nitrogens with one attached hydrogen (secondary N) is 1. The largest absolute Gasteiger partial charge is 0.465 e. The van der Waals surface area contributed by atoms with Crippen LogP contribution >= 0.6 is 0 Å². The average Bonchev–Trinajstić information content (AvgIpc) is 2.93. The monoisotopic (exact) mass is 323 g/mol. The standard InChI is InChI=1S/C17H29N3O3/c1-12-5-6-14(23-12)13(20-7-9-22-10-8-20)11-19-16(21)15(18)17(2,3)4/h5-6,13,15H,7-11,18H2,1-4H3,(H,19,21)/t13?,15-/m1/s1. The molecule has 0 aromatic carbocycles. The summed E-state index contributed by atoms with van der Waals surface area (Å²) in [7, 11) is 0. The Morgan fingerprint density at radius 1 is 1.35 bits per heavy atom. The molecule has 1 unspecified atom stereocenters. The van der Waals surface area contributed by atoms with Gasteiger partial charge in [0.2, 0.25) is 5.91 Å². The molecular formula is C17H29N3O3. The summed E-state index contributed by atoms with van der Waals surface area (Å²) in [5.74, 6) is 1.61. The van der Waals surface area contributed by atoms with E-state index in [0.717, 1.165) is 24.6 Å². The zero-order valence-corrected chi connectivity index (χ0v) is 14.6. The molecule has 0 saturated carbocycles. The molecule has 6 nitrogen and oxygen atoms in total. The predicted octanol–water partition coefficient (Wildman–Crippen LogP) is 1.45. The van der Waals surface area contributed by atoms with Crippen molar-refractivity contribution in [2.75, 3.05) is 32.8 Å². The Morgan fingerprint density at radius 3 is 2.52 bits per heavy atom. The van der Waals surface area contributed by atoms with Gasteiger partial charge in [0.25, 0.3) is 0 Å². The Labute approximate surface area is 138 Å². The second kappa shape index (κ2) is 7.47. The fraction of sp³-hybridized carbons (Fsp3) is 0.706. The average molecular weight is 323 g/mol. The Balaban J connectivity index is 2.04. The number of hydrogen-bond donors (Lipinski definition) is 2. The quantitative estimate of drug-likeness (QED) is 0.857. The highest BCUT2D eigenvalue weighted by molar-refractivity contribution is 5.82. The van der Waals surface area contributed by atoms with Gasteiger partial charge in [0.05, 0.1) is 25.3 Å². The zero-order chi connectivity index (χ0) is 17.0. The van der Waals surface area contributed by atoms with Crippen LogP contribution in [0, 0.1) is 12.3 Å². The number of hydrogen-bond acceptors (Lipinski definition) is 5. The number of rotatable bonds is 5. The van der Waals surface area contributed by atoms with Gasteiger partial charge in [-0.05, 0) is 24.5 Å². The number of ether oxygens (including phenoxy) is 1. The molecule has 0 spiro atoms. The lowest BCUT2D eigenvalue weighted by atomic mass is 9.87. The minimum absolute atomic E-state index is 0.00344. The summed E-state index contributed by atoms with van der Waals surface area (Å²) in [6.07, 6.45) is 0. The van der Waals surface area contributed by atoms with Crippen LogP contribution in [0.5, 0.6) is 0 Å². The molecule has 0 bridgehead atoms. The molecule has 1 saturated heterocycles. The van der Waals surface area contributed by atoms with Gasteiger partial charge >= 0.3 is 0 Å². The Hall–Kier alpha value is -1.37. The molecule has 2 rings (SSSR count). The van der Waals surface area contributed by atoms with Crippen LogP contribution in [0.3, 0.4) is 0 Å².